The molecule has 0 unspecified atom stereocenters. The zero-order valence-corrected chi connectivity index (χ0v) is 12.3. The summed E-state index contributed by atoms with van der Waals surface area (Å²) in [5.74, 6) is 1.45. The van der Waals surface area contributed by atoms with Crippen LogP contribution in [0.3, 0.4) is 0 Å². The van der Waals surface area contributed by atoms with Crippen LogP contribution in [-0.4, -0.2) is 39.0 Å². The summed E-state index contributed by atoms with van der Waals surface area (Å²) in [6.07, 6.45) is 2.37. The third kappa shape index (κ3) is 3.15. The molecule has 0 amide bonds. The molecule has 23 heavy (non-hydrogen) atoms. The Morgan fingerprint density at radius 1 is 1.30 bits per heavy atom. The molecule has 0 saturated heterocycles. The number of aromatic amines is 1. The Morgan fingerprint density at radius 3 is 2.96 bits per heavy atom. The van der Waals surface area contributed by atoms with Gasteiger partial charge in [-0.15, -0.1) is 10.2 Å². The Kier molecular flexibility index (Phi) is 4.23. The number of nitrogens with one attached hydrogen (secondary N) is 1. The lowest BCUT2D eigenvalue weighted by Crippen LogP contribution is -2.01. The van der Waals surface area contributed by atoms with Gasteiger partial charge in [0.2, 0.25) is 5.82 Å². The standard InChI is InChI=1S/C15H13N5O3/c1-22-13-5-4-12(7-11(13)8-21)23-9-10-3-2-6-16-14(10)15-17-19-20-18-15/h2-8H,9H2,1H3,(H,17,18,19,20). The minimum Gasteiger partial charge on any atom is -0.496 e. The summed E-state index contributed by atoms with van der Waals surface area (Å²) in [7, 11) is 1.51. The first-order valence-corrected chi connectivity index (χ1v) is 6.75. The Balaban J connectivity index is 1.80. The number of rotatable bonds is 6. The molecule has 0 aliphatic heterocycles. The van der Waals surface area contributed by atoms with Crippen LogP contribution >= 0.6 is 0 Å². The van der Waals surface area contributed by atoms with Gasteiger partial charge in [-0.05, 0) is 29.5 Å². The number of H-pyrrole nitrogens is 1. The number of hydrogen-bond donors (Lipinski definition) is 1. The molecular weight excluding hydrogens is 298 g/mol. The molecule has 1 N–H and O–H groups in total. The minimum absolute atomic E-state index is 0.252. The highest BCUT2D eigenvalue weighted by Gasteiger charge is 2.11. The van der Waals surface area contributed by atoms with Crippen molar-refractivity contribution in [2.75, 3.05) is 7.11 Å². The molecule has 0 bridgehead atoms. The number of ether oxygens (including phenoxy) is 2. The predicted octanol–water partition coefficient (Wildman–Crippen LogP) is 1.66. The quantitative estimate of drug-likeness (QED) is 0.690. The third-order valence-corrected chi connectivity index (χ3v) is 3.17. The van der Waals surface area contributed by atoms with E-state index in [2.05, 4.69) is 25.6 Å². The van der Waals surface area contributed by atoms with Crippen LogP contribution in [-0.2, 0) is 6.61 Å². The molecule has 0 saturated carbocycles. The Bertz CT molecular complexity index is 805. The molecule has 1 aromatic carbocycles. The van der Waals surface area contributed by atoms with Gasteiger partial charge < -0.3 is 9.47 Å². The molecule has 0 aliphatic rings. The van der Waals surface area contributed by atoms with E-state index in [9.17, 15) is 4.79 Å². The normalized spacial score (nSPS) is 10.3. The molecule has 3 rings (SSSR count). The number of carbonyl (C=O) groups excluding carboxylic acids is 1. The summed E-state index contributed by atoms with van der Waals surface area (Å²) in [5.41, 5.74) is 1.82. The average Bonchev–Trinajstić information content (AvgIpc) is 3.14. The first kappa shape index (κ1) is 14.6. The largest absolute Gasteiger partial charge is 0.496 e. The fraction of sp³-hybridized carbons (Fsp3) is 0.133. The van der Waals surface area contributed by atoms with Gasteiger partial charge in [0.1, 0.15) is 23.8 Å². The van der Waals surface area contributed by atoms with Gasteiger partial charge in [-0.3, -0.25) is 9.78 Å². The number of nitrogens with zero attached hydrogens (tertiary/aromatic N) is 4. The summed E-state index contributed by atoms with van der Waals surface area (Å²) >= 11 is 0. The SMILES string of the molecule is COc1ccc(OCc2cccnc2-c2nn[nH]n2)cc1C=O. The lowest BCUT2D eigenvalue weighted by Gasteiger charge is -2.10. The van der Waals surface area contributed by atoms with E-state index in [0.717, 1.165) is 11.8 Å². The molecule has 0 aliphatic carbocycles. The molecule has 8 nitrogen and oxygen atoms in total. The highest BCUT2D eigenvalue weighted by molar-refractivity contribution is 5.80. The zero-order valence-electron chi connectivity index (χ0n) is 12.3. The number of hydrogen-bond acceptors (Lipinski definition) is 7. The second kappa shape index (κ2) is 6.65. The lowest BCUT2D eigenvalue weighted by atomic mass is 10.2. The molecule has 2 heterocycles. The van der Waals surface area contributed by atoms with Gasteiger partial charge in [-0.1, -0.05) is 6.07 Å². The fourth-order valence-electron chi connectivity index (χ4n) is 2.07. The van der Waals surface area contributed by atoms with Crippen LogP contribution in [0.4, 0.5) is 0 Å². The van der Waals surface area contributed by atoms with Crippen molar-refractivity contribution < 1.29 is 14.3 Å². The summed E-state index contributed by atoms with van der Waals surface area (Å²) in [6, 6.07) is 8.70. The Labute approximate surface area is 131 Å². The highest BCUT2D eigenvalue weighted by Crippen LogP contribution is 2.24. The molecule has 3 aromatic rings. The van der Waals surface area contributed by atoms with E-state index >= 15 is 0 Å². The maximum atomic E-state index is 11.0. The first-order chi connectivity index (χ1) is 11.3. The molecule has 0 spiro atoms. The van der Waals surface area contributed by atoms with E-state index in [4.69, 9.17) is 9.47 Å². The van der Waals surface area contributed by atoms with Crippen molar-refractivity contribution in [3.8, 4) is 23.0 Å². The van der Waals surface area contributed by atoms with Crippen LogP contribution in [0.25, 0.3) is 11.5 Å². The van der Waals surface area contributed by atoms with Crippen molar-refractivity contribution in [3.05, 3.63) is 47.7 Å². The number of aldehydes is 1. The molecular formula is C15H13N5O3. The summed E-state index contributed by atoms with van der Waals surface area (Å²) in [5, 5.41) is 13.8. The topological polar surface area (TPSA) is 103 Å². The van der Waals surface area contributed by atoms with Crippen LogP contribution < -0.4 is 9.47 Å². The third-order valence-electron chi connectivity index (χ3n) is 3.17. The van der Waals surface area contributed by atoms with Crippen molar-refractivity contribution in [1.82, 2.24) is 25.6 Å². The minimum atomic E-state index is 0.252. The monoisotopic (exact) mass is 311 g/mol. The van der Waals surface area contributed by atoms with Gasteiger partial charge in [0.15, 0.2) is 6.29 Å². The van der Waals surface area contributed by atoms with Crippen molar-refractivity contribution in [3.63, 3.8) is 0 Å². The van der Waals surface area contributed by atoms with Crippen LogP contribution in [0.5, 0.6) is 11.5 Å². The number of benzene rings is 1. The van der Waals surface area contributed by atoms with Crippen LogP contribution in [0, 0.1) is 0 Å². The molecule has 0 fully saturated rings. The van der Waals surface area contributed by atoms with Gasteiger partial charge in [0, 0.05) is 11.8 Å². The van der Waals surface area contributed by atoms with E-state index in [1.54, 1.807) is 30.5 Å². The number of aromatic nitrogens is 5. The van der Waals surface area contributed by atoms with Crippen molar-refractivity contribution in [1.29, 1.82) is 0 Å². The second-order valence-corrected chi connectivity index (χ2v) is 4.56. The van der Waals surface area contributed by atoms with Gasteiger partial charge >= 0.3 is 0 Å². The summed E-state index contributed by atoms with van der Waals surface area (Å²) in [6.45, 7) is 0.252. The second-order valence-electron chi connectivity index (χ2n) is 4.56. The maximum Gasteiger partial charge on any atom is 0.223 e. The van der Waals surface area contributed by atoms with Gasteiger partial charge in [-0.2, -0.15) is 5.21 Å². The van der Waals surface area contributed by atoms with E-state index in [1.807, 2.05) is 6.07 Å². The highest BCUT2D eigenvalue weighted by atomic mass is 16.5. The van der Waals surface area contributed by atoms with Crippen molar-refractivity contribution in [2.45, 2.75) is 6.61 Å². The number of pyridine rings is 1. The molecule has 8 heteroatoms. The average molecular weight is 311 g/mol. The molecule has 116 valence electrons. The number of carbonyl (C=O) groups is 1. The van der Waals surface area contributed by atoms with E-state index in [0.29, 0.717) is 28.6 Å². The van der Waals surface area contributed by atoms with E-state index in [-0.39, 0.29) is 6.61 Å². The molecule has 0 radical (unpaired) electrons. The summed E-state index contributed by atoms with van der Waals surface area (Å²) in [4.78, 5) is 15.3. The fourth-order valence-corrected chi connectivity index (χ4v) is 2.07. The van der Waals surface area contributed by atoms with E-state index in [1.165, 1.54) is 7.11 Å². The van der Waals surface area contributed by atoms with Gasteiger partial charge in [-0.25, -0.2) is 0 Å². The zero-order chi connectivity index (χ0) is 16.1. The maximum absolute atomic E-state index is 11.0. The molecule has 2 aromatic heterocycles. The van der Waals surface area contributed by atoms with Crippen LogP contribution in [0.1, 0.15) is 15.9 Å². The smallest absolute Gasteiger partial charge is 0.223 e. The Morgan fingerprint density at radius 2 is 2.22 bits per heavy atom. The predicted molar refractivity (Wildman–Crippen MR) is 80.1 cm³/mol. The van der Waals surface area contributed by atoms with Crippen LogP contribution in [0.2, 0.25) is 0 Å². The van der Waals surface area contributed by atoms with E-state index < -0.39 is 0 Å². The lowest BCUT2D eigenvalue weighted by molar-refractivity contribution is 0.112. The van der Waals surface area contributed by atoms with Gasteiger partial charge in [0.25, 0.3) is 0 Å². The van der Waals surface area contributed by atoms with Crippen LogP contribution in [0.15, 0.2) is 36.5 Å². The Hall–Kier alpha value is -3.29. The summed E-state index contributed by atoms with van der Waals surface area (Å²) < 4.78 is 10.8. The number of tetrazole rings is 1. The van der Waals surface area contributed by atoms with Crippen molar-refractivity contribution in [2.24, 2.45) is 0 Å². The van der Waals surface area contributed by atoms with Gasteiger partial charge in [0.05, 0.1) is 12.7 Å². The van der Waals surface area contributed by atoms with Crippen molar-refractivity contribution >= 4 is 6.29 Å². The molecule has 0 atom stereocenters. The number of methoxy groups -OCH3 is 1. The first-order valence-electron chi connectivity index (χ1n) is 6.75.